The van der Waals surface area contributed by atoms with E-state index in [-0.39, 0.29) is 6.03 Å². The van der Waals surface area contributed by atoms with Gasteiger partial charge in [0.1, 0.15) is 12.4 Å². The number of halogens is 1. The Hall–Kier alpha value is -2.78. The van der Waals surface area contributed by atoms with Crippen LogP contribution in [0.5, 0.6) is 5.75 Å². The number of hydrogen-bond acceptors (Lipinski definition) is 5. The maximum atomic E-state index is 12.5. The van der Waals surface area contributed by atoms with Crippen LogP contribution in [-0.2, 0) is 7.05 Å². The number of aliphatic hydroxyl groups is 1. The lowest BCUT2D eigenvalue weighted by molar-refractivity contribution is 0.238. The molecule has 1 saturated heterocycles. The molecule has 1 aromatic carbocycles. The molecule has 0 saturated carbocycles. The molecule has 0 radical (unpaired) electrons. The number of aliphatic hydroxyl groups excluding tert-OH is 1. The zero-order chi connectivity index (χ0) is 22.5. The van der Waals surface area contributed by atoms with Gasteiger partial charge in [0.25, 0.3) is 0 Å². The number of carbonyl (C=O) groups excluding carboxylic acids is 1. The van der Waals surface area contributed by atoms with Gasteiger partial charge in [0, 0.05) is 37.0 Å². The molecule has 3 N–H and O–H groups in total. The Morgan fingerprint density at radius 1 is 1.22 bits per heavy atom. The Labute approximate surface area is 196 Å². The van der Waals surface area contributed by atoms with Crippen LogP contribution in [0.1, 0.15) is 25.7 Å². The number of rotatable bonds is 7. The smallest absolute Gasteiger partial charge is 0.323 e. The number of amides is 2. The van der Waals surface area contributed by atoms with E-state index in [1.54, 1.807) is 23.0 Å². The molecule has 170 valence electrons. The van der Waals surface area contributed by atoms with Crippen molar-refractivity contribution in [3.63, 3.8) is 0 Å². The summed E-state index contributed by atoms with van der Waals surface area (Å²) >= 11 is 3.58. The van der Waals surface area contributed by atoms with Gasteiger partial charge < -0.3 is 20.5 Å². The Morgan fingerprint density at radius 2 is 2.03 bits per heavy atom. The monoisotopic (exact) mass is 501 g/mol. The topological polar surface area (TPSA) is 91.7 Å². The predicted octanol–water partition coefficient (Wildman–Crippen LogP) is 4.57. The Bertz CT molecular complexity index is 1020. The fourth-order valence-electron chi connectivity index (χ4n) is 3.96. The highest BCUT2D eigenvalue weighted by Gasteiger charge is 2.17. The summed E-state index contributed by atoms with van der Waals surface area (Å²) in [6.45, 7) is 3.76. The number of nitrogens with one attached hydrogen (secondary N) is 2. The first-order chi connectivity index (χ1) is 15.5. The first-order valence-electron chi connectivity index (χ1n) is 10.8. The molecule has 0 spiro atoms. The summed E-state index contributed by atoms with van der Waals surface area (Å²) in [7, 11) is 1.87. The van der Waals surface area contributed by atoms with Crippen LogP contribution in [0.15, 0.2) is 52.5 Å². The molecule has 2 amide bonds. The molecule has 0 atom stereocenters. The molecule has 2 aromatic rings. The molecule has 1 aliphatic heterocycles. The quantitative estimate of drug-likeness (QED) is 0.516. The summed E-state index contributed by atoms with van der Waals surface area (Å²) in [5.41, 5.74) is 3.13. The minimum atomic E-state index is -0.330. The number of ether oxygens (including phenoxy) is 1. The minimum absolute atomic E-state index is 0.322. The van der Waals surface area contributed by atoms with Crippen molar-refractivity contribution in [1.29, 1.82) is 0 Å². The summed E-state index contributed by atoms with van der Waals surface area (Å²) in [6, 6.07) is 5.28. The summed E-state index contributed by atoms with van der Waals surface area (Å²) in [5, 5.41) is 19.5. The van der Waals surface area contributed by atoms with E-state index in [2.05, 4.69) is 36.6 Å². The highest BCUT2D eigenvalue weighted by Crippen LogP contribution is 2.36. The van der Waals surface area contributed by atoms with Crippen molar-refractivity contribution < 1.29 is 14.6 Å². The van der Waals surface area contributed by atoms with Crippen LogP contribution in [0.2, 0.25) is 0 Å². The van der Waals surface area contributed by atoms with Crippen LogP contribution >= 0.6 is 15.9 Å². The summed E-state index contributed by atoms with van der Waals surface area (Å²) in [5.74, 6) is 1.07. The lowest BCUT2D eigenvalue weighted by atomic mass is 10.1. The van der Waals surface area contributed by atoms with Crippen LogP contribution in [0.4, 0.5) is 10.5 Å². The average molecular weight is 502 g/mol. The van der Waals surface area contributed by atoms with Crippen molar-refractivity contribution in [1.82, 2.24) is 20.0 Å². The normalized spacial score (nSPS) is 16.4. The van der Waals surface area contributed by atoms with Gasteiger partial charge in [-0.25, -0.2) is 4.79 Å². The lowest BCUT2D eigenvalue weighted by Gasteiger charge is -2.18. The molecule has 2 aliphatic rings. The average Bonchev–Trinajstić information content (AvgIpc) is 3.40. The van der Waals surface area contributed by atoms with E-state index in [4.69, 9.17) is 4.74 Å². The SMILES string of the molecule is Cn1ncc(Br)c1-c1cc(NC(=O)NC2=CC=C(O)CC2)ccc1OCCN1CCCC1. The van der Waals surface area contributed by atoms with Crippen LogP contribution in [0, 0.1) is 0 Å². The van der Waals surface area contributed by atoms with Gasteiger partial charge in [-0.15, -0.1) is 0 Å². The highest BCUT2D eigenvalue weighted by molar-refractivity contribution is 9.10. The van der Waals surface area contributed by atoms with Gasteiger partial charge in [-0.3, -0.25) is 9.58 Å². The van der Waals surface area contributed by atoms with Crippen molar-refractivity contribution >= 4 is 27.6 Å². The number of aromatic nitrogens is 2. The minimum Gasteiger partial charge on any atom is -0.512 e. The predicted molar refractivity (Wildman–Crippen MR) is 128 cm³/mol. The second-order valence-electron chi connectivity index (χ2n) is 8.00. The Kier molecular flexibility index (Phi) is 7.16. The first-order valence-corrected chi connectivity index (χ1v) is 11.6. The molecule has 0 unspecified atom stereocenters. The standard InChI is InChI=1S/C23H28BrN5O3/c1-28-22(20(24)15-25-28)19-14-17(27-23(31)26-16-4-7-18(30)8-5-16)6-9-21(19)32-13-12-29-10-2-3-11-29/h4,6-7,9,14-15,30H,2-3,5,8,10-13H2,1H3,(H2,26,27,31). The number of carbonyl (C=O) groups is 1. The van der Waals surface area contributed by atoms with Crippen molar-refractivity contribution in [2.24, 2.45) is 7.05 Å². The molecule has 32 heavy (non-hydrogen) atoms. The van der Waals surface area contributed by atoms with E-state index in [1.807, 2.05) is 25.2 Å². The van der Waals surface area contributed by atoms with Crippen LogP contribution in [0.3, 0.4) is 0 Å². The number of urea groups is 1. The molecular formula is C23H28BrN5O3. The van der Waals surface area contributed by atoms with E-state index >= 15 is 0 Å². The summed E-state index contributed by atoms with van der Waals surface area (Å²) in [4.78, 5) is 14.9. The molecule has 0 bridgehead atoms. The second kappa shape index (κ2) is 10.2. The first kappa shape index (κ1) is 22.4. The largest absolute Gasteiger partial charge is 0.512 e. The Morgan fingerprint density at radius 3 is 2.72 bits per heavy atom. The number of likely N-dealkylation sites (tertiary alicyclic amines) is 1. The third-order valence-electron chi connectivity index (χ3n) is 5.65. The van der Waals surface area contributed by atoms with Gasteiger partial charge >= 0.3 is 6.03 Å². The van der Waals surface area contributed by atoms with E-state index < -0.39 is 0 Å². The molecule has 1 aliphatic carbocycles. The van der Waals surface area contributed by atoms with Gasteiger partial charge in [-0.1, -0.05) is 0 Å². The lowest BCUT2D eigenvalue weighted by Crippen LogP contribution is -2.28. The van der Waals surface area contributed by atoms with Crippen molar-refractivity contribution in [3.05, 3.63) is 52.5 Å². The number of aryl methyl sites for hydroxylation is 1. The molecule has 1 aromatic heterocycles. The van der Waals surface area contributed by atoms with E-state index in [9.17, 15) is 9.90 Å². The Balaban J connectivity index is 1.49. The van der Waals surface area contributed by atoms with Gasteiger partial charge in [0.2, 0.25) is 0 Å². The van der Waals surface area contributed by atoms with Crippen LogP contribution in [0.25, 0.3) is 11.3 Å². The molecular weight excluding hydrogens is 474 g/mol. The van der Waals surface area contributed by atoms with Gasteiger partial charge in [-0.05, 0) is 78.6 Å². The number of hydrogen-bond donors (Lipinski definition) is 3. The fraction of sp³-hybridized carbons (Fsp3) is 0.391. The summed E-state index contributed by atoms with van der Waals surface area (Å²) < 4.78 is 8.79. The number of allylic oxidation sites excluding steroid dienone is 4. The third-order valence-corrected chi connectivity index (χ3v) is 6.23. The van der Waals surface area contributed by atoms with E-state index in [1.165, 1.54) is 12.8 Å². The second-order valence-corrected chi connectivity index (χ2v) is 8.86. The highest BCUT2D eigenvalue weighted by atomic mass is 79.9. The summed E-state index contributed by atoms with van der Waals surface area (Å²) in [6.07, 6.45) is 8.68. The van der Waals surface area contributed by atoms with Crippen LogP contribution in [-0.4, -0.2) is 52.1 Å². The molecule has 9 heteroatoms. The van der Waals surface area contributed by atoms with Crippen molar-refractivity contribution in [2.75, 3.05) is 31.6 Å². The van der Waals surface area contributed by atoms with Gasteiger partial charge in [0.05, 0.1) is 22.1 Å². The van der Waals surface area contributed by atoms with E-state index in [0.717, 1.165) is 46.8 Å². The molecule has 8 nitrogen and oxygen atoms in total. The maximum absolute atomic E-state index is 12.5. The number of anilines is 1. The van der Waals surface area contributed by atoms with E-state index in [0.29, 0.717) is 30.9 Å². The zero-order valence-electron chi connectivity index (χ0n) is 18.1. The van der Waals surface area contributed by atoms with Gasteiger partial charge in [0.15, 0.2) is 0 Å². The van der Waals surface area contributed by atoms with Gasteiger partial charge in [-0.2, -0.15) is 5.10 Å². The van der Waals surface area contributed by atoms with Crippen molar-refractivity contribution in [3.8, 4) is 17.0 Å². The third kappa shape index (κ3) is 5.52. The molecule has 1 fully saturated rings. The number of nitrogens with zero attached hydrogens (tertiary/aromatic N) is 3. The number of benzene rings is 1. The fourth-order valence-corrected chi connectivity index (χ4v) is 4.52. The van der Waals surface area contributed by atoms with Crippen LogP contribution < -0.4 is 15.4 Å². The van der Waals surface area contributed by atoms with Crippen molar-refractivity contribution in [2.45, 2.75) is 25.7 Å². The maximum Gasteiger partial charge on any atom is 0.323 e. The molecule has 4 rings (SSSR count). The zero-order valence-corrected chi connectivity index (χ0v) is 19.7. The molecule has 2 heterocycles.